The largest absolute Gasteiger partial charge is 0.497 e. The van der Waals surface area contributed by atoms with Crippen LogP contribution in [0.25, 0.3) is 0 Å². The van der Waals surface area contributed by atoms with E-state index in [-0.39, 0.29) is 19.7 Å². The van der Waals surface area contributed by atoms with Crippen molar-refractivity contribution in [3.05, 3.63) is 65.7 Å². The molecule has 0 aliphatic rings. The number of methoxy groups -OCH3 is 1. The van der Waals surface area contributed by atoms with Crippen molar-refractivity contribution in [2.24, 2.45) is 0 Å². The van der Waals surface area contributed by atoms with Crippen LogP contribution in [0.2, 0.25) is 0 Å². The molecule has 0 aliphatic carbocycles. The van der Waals surface area contributed by atoms with E-state index in [1.165, 1.54) is 11.9 Å². The summed E-state index contributed by atoms with van der Waals surface area (Å²) in [6, 6.07) is 14.9. The quantitative estimate of drug-likeness (QED) is 0.443. The van der Waals surface area contributed by atoms with E-state index in [1.54, 1.807) is 61.7 Å². The van der Waals surface area contributed by atoms with Gasteiger partial charge in [-0.2, -0.15) is 4.31 Å². The Hall–Kier alpha value is -2.95. The first-order chi connectivity index (χ1) is 15.7. The van der Waals surface area contributed by atoms with Crippen molar-refractivity contribution >= 4 is 21.8 Å². The molecule has 0 fully saturated rings. The molecule has 0 saturated heterocycles. The number of likely N-dealkylation sites (N-methyl/N-ethyl adjacent to an activating group) is 1. The summed E-state index contributed by atoms with van der Waals surface area (Å²) in [5, 5.41) is 11.8. The Morgan fingerprint density at radius 1 is 1.09 bits per heavy atom. The van der Waals surface area contributed by atoms with Crippen molar-refractivity contribution in [3.8, 4) is 5.75 Å². The van der Waals surface area contributed by atoms with Gasteiger partial charge in [0.1, 0.15) is 11.8 Å². The highest BCUT2D eigenvalue weighted by molar-refractivity contribution is 7.88. The number of aliphatic hydroxyl groups excluding tert-OH is 1. The van der Waals surface area contributed by atoms with Crippen LogP contribution in [0.4, 0.5) is 0 Å². The number of benzene rings is 2. The van der Waals surface area contributed by atoms with Crippen LogP contribution in [0, 0.1) is 0 Å². The molecule has 180 valence electrons. The fourth-order valence-electron chi connectivity index (χ4n) is 3.15. The summed E-state index contributed by atoms with van der Waals surface area (Å²) in [5.41, 5.74) is 1.33. The average molecular weight is 478 g/mol. The zero-order chi connectivity index (χ0) is 24.4. The number of hydrogen-bond donors (Lipinski definition) is 2. The molecule has 1 atom stereocenters. The Morgan fingerprint density at radius 3 is 2.27 bits per heavy atom. The lowest BCUT2D eigenvalue weighted by Crippen LogP contribution is -2.47. The molecule has 0 bridgehead atoms. The van der Waals surface area contributed by atoms with E-state index in [9.17, 15) is 18.0 Å². The smallest absolute Gasteiger partial charge is 0.247 e. The molecule has 2 N–H and O–H groups in total. The highest BCUT2D eigenvalue weighted by Crippen LogP contribution is 2.25. The minimum atomic E-state index is -3.60. The van der Waals surface area contributed by atoms with Gasteiger partial charge >= 0.3 is 0 Å². The molecule has 0 aliphatic heterocycles. The van der Waals surface area contributed by atoms with Crippen LogP contribution in [0.5, 0.6) is 5.75 Å². The van der Waals surface area contributed by atoms with Gasteiger partial charge in [0.15, 0.2) is 0 Å². The van der Waals surface area contributed by atoms with Gasteiger partial charge in [0.2, 0.25) is 21.8 Å². The highest BCUT2D eigenvalue weighted by atomic mass is 32.2. The first-order valence-corrected chi connectivity index (χ1v) is 12.3. The van der Waals surface area contributed by atoms with Crippen LogP contribution >= 0.6 is 0 Å². The van der Waals surface area contributed by atoms with Gasteiger partial charge in [-0.3, -0.25) is 9.59 Å². The molecule has 2 amide bonds. The molecule has 2 rings (SSSR count). The third-order valence-corrected chi connectivity index (χ3v) is 6.33. The van der Waals surface area contributed by atoms with Crippen molar-refractivity contribution in [1.29, 1.82) is 0 Å². The third-order valence-electron chi connectivity index (χ3n) is 5.07. The molecule has 0 aromatic heterocycles. The molecular weight excluding hydrogens is 446 g/mol. The molecule has 0 saturated carbocycles. The van der Waals surface area contributed by atoms with Crippen LogP contribution < -0.4 is 10.1 Å². The van der Waals surface area contributed by atoms with Crippen LogP contribution in [-0.2, 0) is 26.2 Å². The van der Waals surface area contributed by atoms with Gasteiger partial charge < -0.3 is 20.1 Å². The van der Waals surface area contributed by atoms with Gasteiger partial charge in [-0.05, 0) is 29.7 Å². The minimum Gasteiger partial charge on any atom is -0.497 e. The van der Waals surface area contributed by atoms with E-state index in [1.807, 2.05) is 0 Å². The van der Waals surface area contributed by atoms with Gasteiger partial charge in [0.05, 0.1) is 19.9 Å². The van der Waals surface area contributed by atoms with E-state index in [2.05, 4.69) is 5.32 Å². The molecular formula is C23H31N3O6S. The number of sulfonamides is 1. The summed E-state index contributed by atoms with van der Waals surface area (Å²) < 4.78 is 29.9. The summed E-state index contributed by atoms with van der Waals surface area (Å²) in [6.45, 7) is -0.175. The fourth-order valence-corrected chi connectivity index (χ4v) is 3.49. The van der Waals surface area contributed by atoms with Crippen molar-refractivity contribution in [3.63, 3.8) is 0 Å². The Balaban J connectivity index is 2.45. The maximum atomic E-state index is 13.4. The Kier molecular flexibility index (Phi) is 9.83. The molecule has 33 heavy (non-hydrogen) atoms. The number of aliphatic hydroxyl groups is 1. The number of carbonyl (C=O) groups is 2. The summed E-state index contributed by atoms with van der Waals surface area (Å²) in [4.78, 5) is 27.9. The van der Waals surface area contributed by atoms with Gasteiger partial charge in [-0.25, -0.2) is 8.42 Å². The summed E-state index contributed by atoms with van der Waals surface area (Å²) in [5.74, 6) is -0.293. The first kappa shape index (κ1) is 26.3. The maximum Gasteiger partial charge on any atom is 0.247 e. The standard InChI is InChI=1S/C23H31N3O6S/c1-25(33(3,30)31)17-21(28)26(16-18-10-12-20(32-2)13-11-18)22(19-8-5-4-6-9-19)23(29)24-14-7-15-27/h4-6,8-13,22,27H,7,14-17H2,1-3H3,(H,24,29)/t22-/m0/s1. The van der Waals surface area contributed by atoms with Crippen LogP contribution in [0.3, 0.4) is 0 Å². The average Bonchev–Trinajstić information content (AvgIpc) is 2.79. The fraction of sp³-hybridized carbons (Fsp3) is 0.391. The number of amides is 2. The lowest BCUT2D eigenvalue weighted by atomic mass is 10.0. The second-order valence-electron chi connectivity index (χ2n) is 7.57. The Morgan fingerprint density at radius 2 is 1.73 bits per heavy atom. The second kappa shape index (κ2) is 12.3. The maximum absolute atomic E-state index is 13.4. The van der Waals surface area contributed by atoms with E-state index >= 15 is 0 Å². The molecule has 0 unspecified atom stereocenters. The summed E-state index contributed by atoms with van der Waals surface area (Å²) >= 11 is 0. The van der Waals surface area contributed by atoms with Crippen LogP contribution in [0.1, 0.15) is 23.6 Å². The lowest BCUT2D eigenvalue weighted by molar-refractivity contribution is -0.141. The number of carbonyl (C=O) groups excluding carboxylic acids is 2. The van der Waals surface area contributed by atoms with Gasteiger partial charge in [-0.1, -0.05) is 42.5 Å². The van der Waals surface area contributed by atoms with Gasteiger partial charge in [-0.15, -0.1) is 0 Å². The predicted molar refractivity (Wildman–Crippen MR) is 125 cm³/mol. The van der Waals surface area contributed by atoms with E-state index in [4.69, 9.17) is 9.84 Å². The van der Waals surface area contributed by atoms with Crippen molar-refractivity contribution in [2.75, 3.05) is 40.1 Å². The van der Waals surface area contributed by atoms with Gasteiger partial charge in [0.25, 0.3) is 0 Å². The van der Waals surface area contributed by atoms with Crippen molar-refractivity contribution in [2.45, 2.75) is 19.0 Å². The first-order valence-electron chi connectivity index (χ1n) is 10.4. The van der Waals surface area contributed by atoms with E-state index in [0.717, 1.165) is 16.1 Å². The van der Waals surface area contributed by atoms with Crippen LogP contribution in [0.15, 0.2) is 54.6 Å². The monoisotopic (exact) mass is 477 g/mol. The van der Waals surface area contributed by atoms with Crippen LogP contribution in [-0.4, -0.2) is 74.7 Å². The number of rotatable bonds is 12. The predicted octanol–water partition coefficient (Wildman–Crippen LogP) is 1.16. The number of hydrogen-bond acceptors (Lipinski definition) is 6. The minimum absolute atomic E-state index is 0.0768. The number of nitrogens with zero attached hydrogens (tertiary/aromatic N) is 2. The molecule has 10 heteroatoms. The Labute approximate surface area is 195 Å². The topological polar surface area (TPSA) is 116 Å². The van der Waals surface area contributed by atoms with Gasteiger partial charge in [0, 0.05) is 26.7 Å². The molecule has 2 aromatic carbocycles. The Bertz CT molecular complexity index is 1010. The highest BCUT2D eigenvalue weighted by Gasteiger charge is 2.32. The van der Waals surface area contributed by atoms with E-state index in [0.29, 0.717) is 17.7 Å². The summed E-state index contributed by atoms with van der Waals surface area (Å²) in [6.07, 6.45) is 1.39. The SMILES string of the molecule is COc1ccc(CN(C(=O)CN(C)S(C)(=O)=O)[C@H](C(=O)NCCCO)c2ccccc2)cc1. The lowest BCUT2D eigenvalue weighted by Gasteiger charge is -2.32. The molecule has 0 spiro atoms. The normalized spacial score (nSPS) is 12.3. The number of nitrogens with one attached hydrogen (secondary N) is 1. The zero-order valence-electron chi connectivity index (χ0n) is 19.1. The van der Waals surface area contributed by atoms with Crippen molar-refractivity contribution in [1.82, 2.24) is 14.5 Å². The van der Waals surface area contributed by atoms with Crippen molar-refractivity contribution < 1.29 is 27.9 Å². The second-order valence-corrected chi connectivity index (χ2v) is 9.66. The molecule has 0 radical (unpaired) electrons. The molecule has 2 aromatic rings. The zero-order valence-corrected chi connectivity index (χ0v) is 19.9. The number of ether oxygens (including phenoxy) is 1. The molecule has 0 heterocycles. The van der Waals surface area contributed by atoms with E-state index < -0.39 is 34.4 Å². The third kappa shape index (κ3) is 7.85. The summed E-state index contributed by atoms with van der Waals surface area (Å²) in [7, 11) is -0.734. The molecule has 9 nitrogen and oxygen atoms in total.